The lowest BCUT2D eigenvalue weighted by molar-refractivity contribution is 0.155. The van der Waals surface area contributed by atoms with Gasteiger partial charge in [0.1, 0.15) is 5.75 Å². The van der Waals surface area contributed by atoms with Crippen LogP contribution in [-0.2, 0) is 0 Å². The van der Waals surface area contributed by atoms with E-state index in [0.29, 0.717) is 6.10 Å². The fraction of sp³-hybridized carbons (Fsp3) is 0.571. The second kappa shape index (κ2) is 6.87. The molecule has 2 N–H and O–H groups in total. The van der Waals surface area contributed by atoms with E-state index < -0.39 is 0 Å². The number of nitrogens with two attached hydrogens (primary N) is 1. The van der Waals surface area contributed by atoms with Crippen LogP contribution >= 0.6 is 12.4 Å². The van der Waals surface area contributed by atoms with Crippen molar-refractivity contribution in [1.29, 1.82) is 0 Å². The van der Waals surface area contributed by atoms with Gasteiger partial charge in [-0.05, 0) is 50.3 Å². The minimum absolute atomic E-state index is 0. The summed E-state index contributed by atoms with van der Waals surface area (Å²) >= 11 is 0. The fourth-order valence-corrected chi connectivity index (χ4v) is 2.25. The Kier molecular flexibility index (Phi) is 5.79. The maximum absolute atomic E-state index is 5.99. The number of benzene rings is 1. The molecule has 0 amide bonds. The smallest absolute Gasteiger partial charge is 0.120 e. The molecule has 0 heterocycles. The van der Waals surface area contributed by atoms with Crippen LogP contribution in [0.2, 0.25) is 0 Å². The molecule has 2 rings (SSSR count). The van der Waals surface area contributed by atoms with E-state index in [9.17, 15) is 0 Å². The predicted molar refractivity (Wildman–Crippen MR) is 73.8 cm³/mol. The van der Waals surface area contributed by atoms with Crippen LogP contribution in [0.25, 0.3) is 0 Å². The second-order valence-corrected chi connectivity index (χ2v) is 4.74. The van der Waals surface area contributed by atoms with Crippen LogP contribution in [-0.4, -0.2) is 6.10 Å². The standard InChI is InChI=1S/C14H21NO.ClH/c1-11(15)12-6-5-9-14(10-12)16-13-7-3-2-4-8-13;/h5-6,9-11,13H,2-4,7-8,15H2,1H3;1H/t11-;/m0./s1. The summed E-state index contributed by atoms with van der Waals surface area (Å²) in [7, 11) is 0. The molecular weight excluding hydrogens is 234 g/mol. The minimum atomic E-state index is 0. The third kappa shape index (κ3) is 4.21. The first-order valence-electron chi connectivity index (χ1n) is 6.28. The zero-order valence-corrected chi connectivity index (χ0v) is 11.2. The molecule has 0 bridgehead atoms. The normalized spacial score (nSPS) is 18.2. The second-order valence-electron chi connectivity index (χ2n) is 4.74. The molecule has 1 aliphatic rings. The fourth-order valence-electron chi connectivity index (χ4n) is 2.25. The van der Waals surface area contributed by atoms with E-state index >= 15 is 0 Å². The van der Waals surface area contributed by atoms with Crippen LogP contribution in [0.15, 0.2) is 24.3 Å². The average Bonchev–Trinajstić information content (AvgIpc) is 2.30. The van der Waals surface area contributed by atoms with Gasteiger partial charge in [-0.1, -0.05) is 18.6 Å². The third-order valence-corrected chi connectivity index (χ3v) is 3.24. The van der Waals surface area contributed by atoms with Crippen molar-refractivity contribution in [2.24, 2.45) is 5.73 Å². The van der Waals surface area contributed by atoms with Crippen LogP contribution in [0, 0.1) is 0 Å². The van der Waals surface area contributed by atoms with Crippen LogP contribution in [0.5, 0.6) is 5.75 Å². The summed E-state index contributed by atoms with van der Waals surface area (Å²) in [5.74, 6) is 0.974. The highest BCUT2D eigenvalue weighted by Gasteiger charge is 2.14. The van der Waals surface area contributed by atoms with Crippen molar-refractivity contribution >= 4 is 12.4 Å². The summed E-state index contributed by atoms with van der Waals surface area (Å²) < 4.78 is 5.99. The summed E-state index contributed by atoms with van der Waals surface area (Å²) in [5.41, 5.74) is 7.01. The van der Waals surface area contributed by atoms with Gasteiger partial charge in [0.2, 0.25) is 0 Å². The first kappa shape index (κ1) is 14.3. The molecule has 1 aromatic rings. The summed E-state index contributed by atoms with van der Waals surface area (Å²) in [6.07, 6.45) is 6.77. The molecule has 17 heavy (non-hydrogen) atoms. The lowest BCUT2D eigenvalue weighted by Crippen LogP contribution is -2.19. The van der Waals surface area contributed by atoms with Crippen molar-refractivity contribution in [1.82, 2.24) is 0 Å². The maximum atomic E-state index is 5.99. The molecule has 2 nitrogen and oxygen atoms in total. The molecule has 0 spiro atoms. The van der Waals surface area contributed by atoms with Gasteiger partial charge >= 0.3 is 0 Å². The van der Waals surface area contributed by atoms with Crippen LogP contribution < -0.4 is 10.5 Å². The minimum Gasteiger partial charge on any atom is -0.490 e. The van der Waals surface area contributed by atoms with Gasteiger partial charge in [0, 0.05) is 6.04 Å². The van der Waals surface area contributed by atoms with Crippen molar-refractivity contribution < 1.29 is 4.74 Å². The highest BCUT2D eigenvalue weighted by Crippen LogP contribution is 2.24. The van der Waals surface area contributed by atoms with Gasteiger partial charge in [-0.15, -0.1) is 12.4 Å². The molecule has 1 aliphatic carbocycles. The highest BCUT2D eigenvalue weighted by atomic mass is 35.5. The predicted octanol–water partition coefficient (Wildman–Crippen LogP) is 3.84. The summed E-state index contributed by atoms with van der Waals surface area (Å²) in [6.45, 7) is 2.00. The van der Waals surface area contributed by atoms with E-state index in [1.165, 1.54) is 32.1 Å². The molecule has 0 saturated heterocycles. The van der Waals surface area contributed by atoms with Gasteiger partial charge in [0.05, 0.1) is 6.10 Å². The summed E-state index contributed by atoms with van der Waals surface area (Å²) in [5, 5.41) is 0. The number of halogens is 1. The van der Waals surface area contributed by atoms with Crippen LogP contribution in [0.1, 0.15) is 50.6 Å². The number of hydrogen-bond donors (Lipinski definition) is 1. The van der Waals surface area contributed by atoms with Gasteiger partial charge in [-0.3, -0.25) is 0 Å². The molecule has 96 valence electrons. The zero-order valence-electron chi connectivity index (χ0n) is 10.4. The molecule has 1 atom stereocenters. The first-order valence-corrected chi connectivity index (χ1v) is 6.28. The molecule has 0 aliphatic heterocycles. The topological polar surface area (TPSA) is 35.2 Å². The van der Waals surface area contributed by atoms with Crippen LogP contribution in [0.3, 0.4) is 0 Å². The summed E-state index contributed by atoms with van der Waals surface area (Å²) in [6, 6.07) is 8.25. The highest BCUT2D eigenvalue weighted by molar-refractivity contribution is 5.85. The third-order valence-electron chi connectivity index (χ3n) is 3.24. The van der Waals surface area contributed by atoms with Crippen molar-refractivity contribution in [3.05, 3.63) is 29.8 Å². The Morgan fingerprint density at radius 2 is 1.94 bits per heavy atom. The van der Waals surface area contributed by atoms with Crippen molar-refractivity contribution in [2.75, 3.05) is 0 Å². The SMILES string of the molecule is C[C@H](N)c1cccc(OC2CCCCC2)c1.Cl. The molecule has 0 radical (unpaired) electrons. The van der Waals surface area contributed by atoms with E-state index in [4.69, 9.17) is 10.5 Å². The number of hydrogen-bond acceptors (Lipinski definition) is 2. The lowest BCUT2D eigenvalue weighted by Gasteiger charge is -2.23. The largest absolute Gasteiger partial charge is 0.490 e. The number of rotatable bonds is 3. The molecule has 3 heteroatoms. The number of ether oxygens (including phenoxy) is 1. The quantitative estimate of drug-likeness (QED) is 0.891. The van der Waals surface area contributed by atoms with E-state index in [1.807, 2.05) is 19.1 Å². The van der Waals surface area contributed by atoms with E-state index in [0.717, 1.165) is 11.3 Å². The molecule has 1 saturated carbocycles. The Morgan fingerprint density at radius 1 is 1.24 bits per heavy atom. The Hall–Kier alpha value is -0.730. The van der Waals surface area contributed by atoms with E-state index in [1.54, 1.807) is 0 Å². The molecule has 0 aromatic heterocycles. The van der Waals surface area contributed by atoms with Crippen LogP contribution in [0.4, 0.5) is 0 Å². The average molecular weight is 256 g/mol. The Bertz CT molecular complexity index is 335. The summed E-state index contributed by atoms with van der Waals surface area (Å²) in [4.78, 5) is 0. The lowest BCUT2D eigenvalue weighted by atomic mass is 9.98. The van der Waals surface area contributed by atoms with Crippen molar-refractivity contribution in [3.8, 4) is 5.75 Å². The molecule has 1 fully saturated rings. The molecule has 0 unspecified atom stereocenters. The molecule has 1 aromatic carbocycles. The van der Waals surface area contributed by atoms with Gasteiger partial charge < -0.3 is 10.5 Å². The Balaban J connectivity index is 0.00000144. The Labute approximate surface area is 110 Å². The van der Waals surface area contributed by atoms with Gasteiger partial charge in [-0.2, -0.15) is 0 Å². The van der Waals surface area contributed by atoms with Crippen molar-refractivity contribution in [2.45, 2.75) is 51.2 Å². The van der Waals surface area contributed by atoms with Gasteiger partial charge in [-0.25, -0.2) is 0 Å². The maximum Gasteiger partial charge on any atom is 0.120 e. The van der Waals surface area contributed by atoms with E-state index in [-0.39, 0.29) is 18.4 Å². The van der Waals surface area contributed by atoms with Gasteiger partial charge in [0.15, 0.2) is 0 Å². The zero-order chi connectivity index (χ0) is 11.4. The molecular formula is C14H22ClNO. The van der Waals surface area contributed by atoms with E-state index in [2.05, 4.69) is 12.1 Å². The van der Waals surface area contributed by atoms with Gasteiger partial charge in [0.25, 0.3) is 0 Å². The van der Waals surface area contributed by atoms with Crippen molar-refractivity contribution in [3.63, 3.8) is 0 Å². The first-order chi connectivity index (χ1) is 7.75. The monoisotopic (exact) mass is 255 g/mol. The Morgan fingerprint density at radius 3 is 2.59 bits per heavy atom.